The highest BCUT2D eigenvalue weighted by molar-refractivity contribution is 6.23. The van der Waals surface area contributed by atoms with Crippen molar-refractivity contribution < 1.29 is 43.1 Å². The van der Waals surface area contributed by atoms with Gasteiger partial charge in [0.2, 0.25) is 11.8 Å². The third-order valence-corrected chi connectivity index (χ3v) is 12.2. The Labute approximate surface area is 356 Å². The maximum Gasteiger partial charge on any atom is 0.262 e. The van der Waals surface area contributed by atoms with E-state index in [1.54, 1.807) is 84.7 Å². The molecule has 5 aliphatic rings. The van der Waals surface area contributed by atoms with E-state index in [0.29, 0.717) is 66.3 Å². The van der Waals surface area contributed by atoms with Crippen LogP contribution in [0.1, 0.15) is 95.9 Å². The predicted molar refractivity (Wildman–Crippen MR) is 225 cm³/mol. The Hall–Kier alpha value is -7.36. The fourth-order valence-corrected chi connectivity index (χ4v) is 8.52. The minimum absolute atomic E-state index is 0.0416. The number of fused-ring (bicyclic) bond motifs is 2. The number of hydrogen-bond acceptors (Lipinski definition) is 10. The first-order valence-electron chi connectivity index (χ1n) is 20.7. The van der Waals surface area contributed by atoms with Crippen LogP contribution in [0.5, 0.6) is 5.75 Å². The summed E-state index contributed by atoms with van der Waals surface area (Å²) in [6.07, 6.45) is 3.30. The van der Waals surface area contributed by atoms with Crippen molar-refractivity contribution in [2.75, 3.05) is 42.3 Å². The summed E-state index contributed by atoms with van der Waals surface area (Å²) in [7, 11) is 1.77. The number of nitrogens with one attached hydrogen (secondary N) is 3. The number of anilines is 3. The molecule has 16 nitrogen and oxygen atoms in total. The predicted octanol–water partition coefficient (Wildman–Crippen LogP) is 4.22. The average Bonchev–Trinajstić information content (AvgIpc) is 4.10. The van der Waals surface area contributed by atoms with Gasteiger partial charge in [0.05, 0.1) is 16.8 Å². The summed E-state index contributed by atoms with van der Waals surface area (Å²) in [5, 5.41) is 7.84. The highest BCUT2D eigenvalue weighted by atomic mass is 16.5. The summed E-state index contributed by atoms with van der Waals surface area (Å²) >= 11 is 0. The molecule has 62 heavy (non-hydrogen) atoms. The zero-order valence-electron chi connectivity index (χ0n) is 33.8. The van der Waals surface area contributed by atoms with Gasteiger partial charge in [-0.05, 0) is 110 Å². The van der Waals surface area contributed by atoms with E-state index in [0.717, 1.165) is 29.0 Å². The molecular weight excluding hydrogens is 795 g/mol. The zero-order valence-corrected chi connectivity index (χ0v) is 33.8. The molecule has 0 aromatic heterocycles. The fraction of sp³-hybridized carbons (Fsp3) is 0.304. The lowest BCUT2D eigenvalue weighted by Crippen LogP contribution is -2.54. The Morgan fingerprint density at radius 3 is 2.11 bits per heavy atom. The maximum absolute atomic E-state index is 13.6. The van der Waals surface area contributed by atoms with Gasteiger partial charge in [-0.25, -0.2) is 0 Å². The molecule has 1 saturated carbocycles. The van der Waals surface area contributed by atoms with Gasteiger partial charge in [0, 0.05) is 73.3 Å². The molecule has 0 bridgehead atoms. The molecule has 4 aromatic carbocycles. The third-order valence-electron chi connectivity index (χ3n) is 12.2. The van der Waals surface area contributed by atoms with Crippen LogP contribution < -0.4 is 25.6 Å². The lowest BCUT2D eigenvalue weighted by Gasteiger charge is -2.38. The van der Waals surface area contributed by atoms with Crippen LogP contribution in [0, 0.1) is 0 Å². The van der Waals surface area contributed by atoms with Gasteiger partial charge < -0.3 is 30.1 Å². The van der Waals surface area contributed by atoms with Gasteiger partial charge in [0.15, 0.2) is 6.61 Å². The Morgan fingerprint density at radius 2 is 1.40 bits per heavy atom. The van der Waals surface area contributed by atoms with E-state index in [2.05, 4.69) is 20.9 Å². The van der Waals surface area contributed by atoms with Crippen molar-refractivity contribution in [2.45, 2.75) is 63.2 Å². The Kier molecular flexibility index (Phi) is 10.5. The van der Waals surface area contributed by atoms with Crippen molar-refractivity contribution in [1.29, 1.82) is 0 Å². The van der Waals surface area contributed by atoms with Crippen LogP contribution in [0.3, 0.4) is 0 Å². The molecule has 3 N–H and O–H groups in total. The van der Waals surface area contributed by atoms with Crippen LogP contribution in [0.2, 0.25) is 0 Å². The molecule has 9 rings (SSSR count). The number of amides is 8. The average molecular weight is 838 g/mol. The van der Waals surface area contributed by atoms with Gasteiger partial charge in [-0.1, -0.05) is 12.1 Å². The minimum atomic E-state index is -1.03. The summed E-state index contributed by atoms with van der Waals surface area (Å²) in [5.74, 6) is -2.56. The summed E-state index contributed by atoms with van der Waals surface area (Å²) in [5.41, 5.74) is 4.54. The van der Waals surface area contributed by atoms with Crippen molar-refractivity contribution in [3.63, 3.8) is 0 Å². The molecule has 4 heterocycles. The molecule has 1 unspecified atom stereocenters. The number of ether oxygens (including phenoxy) is 1. The van der Waals surface area contributed by atoms with E-state index < -0.39 is 29.7 Å². The van der Waals surface area contributed by atoms with E-state index >= 15 is 0 Å². The molecule has 3 fully saturated rings. The Bertz CT molecular complexity index is 2550. The number of carbonyl (C=O) groups excluding carboxylic acids is 8. The van der Waals surface area contributed by atoms with Gasteiger partial charge in [0.25, 0.3) is 35.4 Å². The van der Waals surface area contributed by atoms with Gasteiger partial charge in [-0.15, -0.1) is 0 Å². The topological polar surface area (TPSA) is 195 Å². The molecule has 4 aromatic rings. The maximum atomic E-state index is 13.6. The minimum Gasteiger partial charge on any atom is -0.482 e. The first kappa shape index (κ1) is 40.1. The molecule has 316 valence electrons. The molecular formula is C46H43N7O9. The van der Waals surface area contributed by atoms with Gasteiger partial charge in [-0.2, -0.15) is 0 Å². The zero-order chi connectivity index (χ0) is 43.2. The summed E-state index contributed by atoms with van der Waals surface area (Å²) in [6.45, 7) is 1.49. The second kappa shape index (κ2) is 16.2. The Morgan fingerprint density at radius 1 is 0.710 bits per heavy atom. The van der Waals surface area contributed by atoms with E-state index in [-0.39, 0.29) is 66.3 Å². The Balaban J connectivity index is 0.764. The van der Waals surface area contributed by atoms with Crippen LogP contribution >= 0.6 is 0 Å². The number of carbonyl (C=O) groups is 8. The van der Waals surface area contributed by atoms with E-state index in [1.165, 1.54) is 0 Å². The van der Waals surface area contributed by atoms with Gasteiger partial charge in [0.1, 0.15) is 11.8 Å². The van der Waals surface area contributed by atoms with Crippen LogP contribution in [0.25, 0.3) is 0 Å². The lowest BCUT2D eigenvalue weighted by molar-refractivity contribution is -0.136. The first-order chi connectivity index (χ1) is 29.9. The molecule has 2 saturated heterocycles. The molecule has 0 radical (unpaired) electrons. The van der Waals surface area contributed by atoms with Crippen molar-refractivity contribution in [1.82, 2.24) is 20.0 Å². The monoisotopic (exact) mass is 837 g/mol. The van der Waals surface area contributed by atoms with E-state index in [1.807, 2.05) is 17.0 Å². The van der Waals surface area contributed by atoms with Crippen molar-refractivity contribution >= 4 is 64.3 Å². The number of imide groups is 2. The van der Waals surface area contributed by atoms with Crippen molar-refractivity contribution in [3.05, 3.63) is 118 Å². The van der Waals surface area contributed by atoms with Crippen LogP contribution in [0.4, 0.5) is 17.1 Å². The number of rotatable bonds is 10. The molecule has 1 aliphatic carbocycles. The summed E-state index contributed by atoms with van der Waals surface area (Å²) in [4.78, 5) is 109. The van der Waals surface area contributed by atoms with E-state index in [4.69, 9.17) is 4.74 Å². The number of piperidine rings is 2. The number of benzene rings is 4. The smallest absolute Gasteiger partial charge is 0.262 e. The standard InChI is InChI=1S/C46H43N7O9/c1-50(31-18-20-51(21-19-31)33-13-14-34-35(23-33)46(61)53(45(34)60)37-16-17-39(54)49-42(37)57)43(58)28-6-9-30(10-7-28)47-41(56)27-4-2-26(3-5-27)24-52(32-11-12-32)44(59)29-8-15-36-38(22-29)62-25-40(55)48-36/h2-10,13-15,22-23,31-32,37H,11-12,16-21,24-25H2,1H3,(H,47,56)(H,48,55)(H,49,54,57). The molecule has 16 heteroatoms. The second-order valence-electron chi connectivity index (χ2n) is 16.3. The lowest BCUT2D eigenvalue weighted by atomic mass is 10.0. The quantitative estimate of drug-likeness (QED) is 0.195. The third kappa shape index (κ3) is 7.86. The molecule has 0 spiro atoms. The van der Waals surface area contributed by atoms with Crippen LogP contribution in [-0.2, 0) is 20.9 Å². The fourth-order valence-electron chi connectivity index (χ4n) is 8.52. The first-order valence-corrected chi connectivity index (χ1v) is 20.7. The number of hydrogen-bond donors (Lipinski definition) is 3. The van der Waals surface area contributed by atoms with Crippen LogP contribution in [0.15, 0.2) is 84.9 Å². The molecule has 4 aliphatic heterocycles. The van der Waals surface area contributed by atoms with Crippen molar-refractivity contribution in [2.24, 2.45) is 0 Å². The summed E-state index contributed by atoms with van der Waals surface area (Å²) in [6, 6.07) is 23.0. The van der Waals surface area contributed by atoms with E-state index in [9.17, 15) is 38.4 Å². The van der Waals surface area contributed by atoms with Crippen LogP contribution in [-0.4, -0.2) is 107 Å². The highest BCUT2D eigenvalue weighted by Crippen LogP contribution is 2.34. The largest absolute Gasteiger partial charge is 0.482 e. The molecule has 8 amide bonds. The van der Waals surface area contributed by atoms with Gasteiger partial charge >= 0.3 is 0 Å². The SMILES string of the molecule is CN(C(=O)c1ccc(NC(=O)c2ccc(CN(C(=O)c3ccc4c(c3)OCC(=O)N4)C3CC3)cc2)cc1)C1CCN(c2ccc3c(c2)C(=O)N(C2CCC(=O)NC2=O)C3=O)CC1. The number of nitrogens with zero attached hydrogens (tertiary/aromatic N) is 4. The normalized spacial score (nSPS) is 18.6. The second-order valence-corrected chi connectivity index (χ2v) is 16.3. The highest BCUT2D eigenvalue weighted by Gasteiger charge is 2.45. The summed E-state index contributed by atoms with van der Waals surface area (Å²) < 4.78 is 5.51. The van der Waals surface area contributed by atoms with Crippen molar-refractivity contribution in [3.8, 4) is 5.75 Å². The molecule has 1 atom stereocenters. The van der Waals surface area contributed by atoms with Gasteiger partial charge in [-0.3, -0.25) is 48.6 Å².